The number of carbonyl (C=O) groups is 2. The van der Waals surface area contributed by atoms with Crippen LogP contribution in [0.5, 0.6) is 0 Å². The van der Waals surface area contributed by atoms with Crippen LogP contribution in [0, 0.1) is 6.92 Å². The second-order valence-corrected chi connectivity index (χ2v) is 4.82. The van der Waals surface area contributed by atoms with Crippen LogP contribution < -0.4 is 10.6 Å². The van der Waals surface area contributed by atoms with Gasteiger partial charge in [0.25, 0.3) is 0 Å². The Bertz CT molecular complexity index is 654. The lowest BCUT2D eigenvalue weighted by Gasteiger charge is -2.06. The summed E-state index contributed by atoms with van der Waals surface area (Å²) < 4.78 is 4.82. The van der Waals surface area contributed by atoms with Crippen molar-refractivity contribution >= 4 is 29.2 Å². The maximum Gasteiger partial charge on any atom is 0.245 e. The molecule has 0 bridgehead atoms. The predicted molar refractivity (Wildman–Crippen MR) is 78.0 cm³/mol. The second-order valence-electron chi connectivity index (χ2n) is 4.42. The lowest BCUT2D eigenvalue weighted by molar-refractivity contribution is -0.123. The Kier molecular flexibility index (Phi) is 4.94. The van der Waals surface area contributed by atoms with Crippen molar-refractivity contribution in [1.29, 1.82) is 0 Å². The number of rotatable bonds is 5. The third-order valence-corrected chi connectivity index (χ3v) is 3.02. The number of amides is 2. The van der Waals surface area contributed by atoms with Gasteiger partial charge in [0.15, 0.2) is 5.82 Å². The van der Waals surface area contributed by atoms with Crippen LogP contribution in [0.4, 0.5) is 5.82 Å². The van der Waals surface area contributed by atoms with Gasteiger partial charge in [-0.1, -0.05) is 35.0 Å². The van der Waals surface area contributed by atoms with E-state index in [-0.39, 0.29) is 24.8 Å². The van der Waals surface area contributed by atoms with E-state index in [1.807, 2.05) is 0 Å². The van der Waals surface area contributed by atoms with Gasteiger partial charge in [0.1, 0.15) is 5.76 Å². The number of carbonyl (C=O) groups excluding carboxylic acids is 2. The summed E-state index contributed by atoms with van der Waals surface area (Å²) in [6.07, 6.45) is 0.121. The maximum absolute atomic E-state index is 11.7. The number of aromatic nitrogens is 1. The minimum absolute atomic E-state index is 0.121. The highest BCUT2D eigenvalue weighted by Gasteiger charge is 2.10. The third-order valence-electron chi connectivity index (χ3n) is 2.65. The standard InChI is InChI=1S/C14H14ClN3O3/c1-9-6-12(18-21-9)17-14(20)8-16-13(19)7-10-4-2-3-5-11(10)15/h2-6H,7-8H2,1H3,(H,16,19)(H,17,18,20). The number of nitrogens with one attached hydrogen (secondary N) is 2. The fourth-order valence-corrected chi connectivity index (χ4v) is 1.87. The number of aryl methyl sites for hydroxylation is 1. The molecular weight excluding hydrogens is 294 g/mol. The van der Waals surface area contributed by atoms with Crippen molar-refractivity contribution in [2.75, 3.05) is 11.9 Å². The minimum Gasteiger partial charge on any atom is -0.360 e. The van der Waals surface area contributed by atoms with Crippen molar-refractivity contribution in [2.45, 2.75) is 13.3 Å². The first-order valence-corrected chi connectivity index (χ1v) is 6.65. The van der Waals surface area contributed by atoms with Crippen LogP contribution in [0.25, 0.3) is 0 Å². The fraction of sp³-hybridized carbons (Fsp3) is 0.214. The maximum atomic E-state index is 11.7. The summed E-state index contributed by atoms with van der Waals surface area (Å²) in [6.45, 7) is 1.57. The monoisotopic (exact) mass is 307 g/mol. The molecule has 7 heteroatoms. The van der Waals surface area contributed by atoms with E-state index in [9.17, 15) is 9.59 Å². The van der Waals surface area contributed by atoms with Gasteiger partial charge < -0.3 is 15.2 Å². The topological polar surface area (TPSA) is 84.2 Å². The van der Waals surface area contributed by atoms with E-state index in [0.717, 1.165) is 0 Å². The molecule has 2 amide bonds. The average molecular weight is 308 g/mol. The molecule has 0 atom stereocenters. The van der Waals surface area contributed by atoms with Gasteiger partial charge in [0.05, 0.1) is 13.0 Å². The van der Waals surface area contributed by atoms with Gasteiger partial charge >= 0.3 is 0 Å². The molecule has 2 aromatic rings. The number of benzene rings is 1. The molecule has 21 heavy (non-hydrogen) atoms. The Hall–Kier alpha value is -2.34. The molecule has 0 saturated carbocycles. The van der Waals surface area contributed by atoms with Crippen molar-refractivity contribution in [3.05, 3.63) is 46.7 Å². The van der Waals surface area contributed by atoms with Gasteiger partial charge in [0.2, 0.25) is 11.8 Å². The molecule has 0 aliphatic carbocycles. The molecule has 1 aromatic carbocycles. The molecule has 0 unspecified atom stereocenters. The van der Waals surface area contributed by atoms with Crippen LogP contribution in [0.3, 0.4) is 0 Å². The minimum atomic E-state index is -0.379. The van der Waals surface area contributed by atoms with Gasteiger partial charge in [-0.05, 0) is 18.6 Å². The van der Waals surface area contributed by atoms with Crippen LogP contribution in [-0.4, -0.2) is 23.5 Å². The molecule has 0 aliphatic rings. The number of halogens is 1. The molecule has 2 rings (SSSR count). The smallest absolute Gasteiger partial charge is 0.245 e. The van der Waals surface area contributed by atoms with Crippen molar-refractivity contribution in [2.24, 2.45) is 0 Å². The number of nitrogens with zero attached hydrogens (tertiary/aromatic N) is 1. The molecule has 0 aliphatic heterocycles. The van der Waals surface area contributed by atoms with Crippen LogP contribution in [0.15, 0.2) is 34.9 Å². The van der Waals surface area contributed by atoms with Crippen LogP contribution in [0.2, 0.25) is 5.02 Å². The summed E-state index contributed by atoms with van der Waals surface area (Å²) >= 11 is 5.96. The average Bonchev–Trinajstić information content (AvgIpc) is 2.84. The van der Waals surface area contributed by atoms with E-state index in [0.29, 0.717) is 22.2 Å². The molecule has 6 nitrogen and oxygen atoms in total. The largest absolute Gasteiger partial charge is 0.360 e. The lowest BCUT2D eigenvalue weighted by atomic mass is 10.1. The van der Waals surface area contributed by atoms with E-state index >= 15 is 0 Å². The summed E-state index contributed by atoms with van der Waals surface area (Å²) in [4.78, 5) is 23.4. The number of hydrogen-bond acceptors (Lipinski definition) is 4. The van der Waals surface area contributed by atoms with Gasteiger partial charge in [-0.25, -0.2) is 0 Å². The Morgan fingerprint density at radius 2 is 2.05 bits per heavy atom. The first kappa shape index (κ1) is 15.1. The molecular formula is C14H14ClN3O3. The molecule has 0 radical (unpaired) electrons. The van der Waals surface area contributed by atoms with Crippen molar-refractivity contribution in [3.8, 4) is 0 Å². The molecule has 0 spiro atoms. The van der Waals surface area contributed by atoms with Gasteiger partial charge in [-0.3, -0.25) is 9.59 Å². The van der Waals surface area contributed by atoms with Crippen LogP contribution in [0.1, 0.15) is 11.3 Å². The van der Waals surface area contributed by atoms with E-state index in [1.165, 1.54) is 0 Å². The van der Waals surface area contributed by atoms with Gasteiger partial charge in [0, 0.05) is 11.1 Å². The lowest BCUT2D eigenvalue weighted by Crippen LogP contribution is -2.33. The van der Waals surface area contributed by atoms with Crippen molar-refractivity contribution in [1.82, 2.24) is 10.5 Å². The summed E-state index contributed by atoms with van der Waals surface area (Å²) in [7, 11) is 0. The molecule has 0 fully saturated rings. The normalized spacial score (nSPS) is 10.2. The highest BCUT2D eigenvalue weighted by Crippen LogP contribution is 2.15. The zero-order valence-corrected chi connectivity index (χ0v) is 12.1. The predicted octanol–water partition coefficient (Wildman–Crippen LogP) is 1.93. The Balaban J connectivity index is 1.78. The Morgan fingerprint density at radius 1 is 1.29 bits per heavy atom. The van der Waals surface area contributed by atoms with Crippen molar-refractivity contribution in [3.63, 3.8) is 0 Å². The van der Waals surface area contributed by atoms with E-state index in [2.05, 4.69) is 15.8 Å². The van der Waals surface area contributed by atoms with Gasteiger partial charge in [-0.2, -0.15) is 0 Å². The zero-order valence-electron chi connectivity index (χ0n) is 11.4. The zero-order chi connectivity index (χ0) is 15.2. The molecule has 2 N–H and O–H groups in total. The summed E-state index contributed by atoms with van der Waals surface area (Å²) in [5, 5.41) is 9.17. The summed E-state index contributed by atoms with van der Waals surface area (Å²) in [5.41, 5.74) is 0.712. The summed E-state index contributed by atoms with van der Waals surface area (Å²) in [6, 6.07) is 8.65. The van der Waals surface area contributed by atoms with Gasteiger partial charge in [-0.15, -0.1) is 0 Å². The third kappa shape index (κ3) is 4.61. The van der Waals surface area contributed by atoms with Crippen LogP contribution in [-0.2, 0) is 16.0 Å². The SMILES string of the molecule is Cc1cc(NC(=O)CNC(=O)Cc2ccccc2Cl)no1. The van der Waals surface area contributed by atoms with E-state index < -0.39 is 0 Å². The molecule has 1 heterocycles. The molecule has 110 valence electrons. The van der Waals surface area contributed by atoms with Crippen LogP contribution >= 0.6 is 11.6 Å². The summed E-state index contributed by atoms with van der Waals surface area (Å²) in [5.74, 6) is 0.247. The van der Waals surface area contributed by atoms with E-state index in [1.54, 1.807) is 37.3 Å². The fourth-order valence-electron chi connectivity index (χ4n) is 1.67. The van der Waals surface area contributed by atoms with Crippen molar-refractivity contribution < 1.29 is 14.1 Å². The quantitative estimate of drug-likeness (QED) is 0.884. The Labute approximate surface area is 126 Å². The first-order chi connectivity index (χ1) is 10.0. The number of anilines is 1. The molecule has 1 aromatic heterocycles. The second kappa shape index (κ2) is 6.90. The highest BCUT2D eigenvalue weighted by atomic mass is 35.5. The van der Waals surface area contributed by atoms with E-state index in [4.69, 9.17) is 16.1 Å². The number of hydrogen-bond donors (Lipinski definition) is 2. The Morgan fingerprint density at radius 3 is 2.71 bits per heavy atom. The first-order valence-electron chi connectivity index (χ1n) is 6.28. The highest BCUT2D eigenvalue weighted by molar-refractivity contribution is 6.31. The molecule has 0 saturated heterocycles.